The maximum Gasteiger partial charge on any atom is 0.238 e. The van der Waals surface area contributed by atoms with Gasteiger partial charge in [0.1, 0.15) is 5.75 Å². The summed E-state index contributed by atoms with van der Waals surface area (Å²) in [4.78, 5) is 11.9. The third kappa shape index (κ3) is 5.05. The number of anilines is 1. The van der Waals surface area contributed by atoms with Gasteiger partial charge in [-0.3, -0.25) is 4.79 Å². The Balaban J connectivity index is 1.69. The van der Waals surface area contributed by atoms with E-state index in [9.17, 15) is 4.79 Å². The molecule has 0 aromatic heterocycles. The molecule has 0 heterocycles. The van der Waals surface area contributed by atoms with Gasteiger partial charge < -0.3 is 15.4 Å². The van der Waals surface area contributed by atoms with E-state index in [1.165, 1.54) is 25.7 Å². The second-order valence-electron chi connectivity index (χ2n) is 5.93. The molecular formula is C17H26N2O2. The molecule has 0 bridgehead atoms. The van der Waals surface area contributed by atoms with E-state index in [2.05, 4.69) is 17.6 Å². The summed E-state index contributed by atoms with van der Waals surface area (Å²) in [5, 5.41) is 6.18. The second kappa shape index (κ2) is 8.03. The Labute approximate surface area is 127 Å². The number of rotatable bonds is 6. The normalized spacial score (nSPS) is 21.8. The SMILES string of the molecule is COc1ccc(NC(=O)CNCC2CCCCC2C)cc1. The van der Waals surface area contributed by atoms with Crippen LogP contribution in [-0.2, 0) is 4.79 Å². The lowest BCUT2D eigenvalue weighted by Crippen LogP contribution is -2.34. The van der Waals surface area contributed by atoms with E-state index >= 15 is 0 Å². The molecule has 0 aliphatic heterocycles. The van der Waals surface area contributed by atoms with Crippen LogP contribution in [0.1, 0.15) is 32.6 Å². The van der Waals surface area contributed by atoms with Gasteiger partial charge in [-0.15, -0.1) is 0 Å². The fourth-order valence-electron chi connectivity index (χ4n) is 2.95. The molecule has 2 N–H and O–H groups in total. The van der Waals surface area contributed by atoms with Crippen LogP contribution in [0.4, 0.5) is 5.69 Å². The van der Waals surface area contributed by atoms with E-state index in [0.717, 1.165) is 23.9 Å². The molecule has 0 radical (unpaired) electrons. The third-order valence-electron chi connectivity index (χ3n) is 4.35. The van der Waals surface area contributed by atoms with Crippen LogP contribution in [0.5, 0.6) is 5.75 Å². The van der Waals surface area contributed by atoms with Crippen LogP contribution in [-0.4, -0.2) is 26.1 Å². The van der Waals surface area contributed by atoms with E-state index in [-0.39, 0.29) is 5.91 Å². The molecule has 2 unspecified atom stereocenters. The van der Waals surface area contributed by atoms with Crippen molar-refractivity contribution in [3.63, 3.8) is 0 Å². The fourth-order valence-corrected chi connectivity index (χ4v) is 2.95. The van der Waals surface area contributed by atoms with E-state index in [0.29, 0.717) is 12.5 Å². The van der Waals surface area contributed by atoms with Gasteiger partial charge >= 0.3 is 0 Å². The number of hydrogen-bond donors (Lipinski definition) is 2. The number of nitrogens with one attached hydrogen (secondary N) is 2. The van der Waals surface area contributed by atoms with Crippen LogP contribution in [0.25, 0.3) is 0 Å². The molecule has 1 aliphatic carbocycles. The number of methoxy groups -OCH3 is 1. The predicted octanol–water partition coefficient (Wildman–Crippen LogP) is 3.05. The van der Waals surface area contributed by atoms with Gasteiger partial charge in [-0.2, -0.15) is 0 Å². The van der Waals surface area contributed by atoms with Crippen molar-refractivity contribution in [3.8, 4) is 5.75 Å². The van der Waals surface area contributed by atoms with Gasteiger partial charge in [0.25, 0.3) is 0 Å². The van der Waals surface area contributed by atoms with Gasteiger partial charge in [-0.05, 0) is 49.1 Å². The number of ether oxygens (including phenoxy) is 1. The van der Waals surface area contributed by atoms with Crippen LogP contribution in [0.2, 0.25) is 0 Å². The van der Waals surface area contributed by atoms with E-state index in [1.807, 2.05) is 24.3 Å². The molecule has 1 aromatic carbocycles. The first kappa shape index (κ1) is 15.8. The van der Waals surface area contributed by atoms with Gasteiger partial charge in [0.05, 0.1) is 13.7 Å². The van der Waals surface area contributed by atoms with Crippen molar-refractivity contribution in [3.05, 3.63) is 24.3 Å². The van der Waals surface area contributed by atoms with Crippen LogP contribution >= 0.6 is 0 Å². The Kier molecular flexibility index (Phi) is 6.05. The number of benzene rings is 1. The minimum atomic E-state index is 0.00336. The van der Waals surface area contributed by atoms with Gasteiger partial charge in [-0.25, -0.2) is 0 Å². The monoisotopic (exact) mass is 290 g/mol. The highest BCUT2D eigenvalue weighted by atomic mass is 16.5. The summed E-state index contributed by atoms with van der Waals surface area (Å²) in [5.74, 6) is 2.28. The lowest BCUT2D eigenvalue weighted by Gasteiger charge is -2.28. The zero-order valence-electron chi connectivity index (χ0n) is 13.0. The minimum absolute atomic E-state index is 0.00336. The third-order valence-corrected chi connectivity index (χ3v) is 4.35. The van der Waals surface area contributed by atoms with Crippen molar-refractivity contribution in [2.45, 2.75) is 32.6 Å². The highest BCUT2D eigenvalue weighted by Gasteiger charge is 2.20. The Hall–Kier alpha value is -1.55. The Bertz CT molecular complexity index is 445. The number of carbonyl (C=O) groups is 1. The Morgan fingerprint density at radius 1 is 1.24 bits per heavy atom. The van der Waals surface area contributed by atoms with Gasteiger partial charge in [0.2, 0.25) is 5.91 Å². The molecule has 21 heavy (non-hydrogen) atoms. The van der Waals surface area contributed by atoms with Crippen molar-refractivity contribution in [1.29, 1.82) is 0 Å². The molecule has 2 rings (SSSR count). The average molecular weight is 290 g/mol. The summed E-state index contributed by atoms with van der Waals surface area (Å²) in [6, 6.07) is 7.37. The standard InChI is InChI=1S/C17H26N2O2/c1-13-5-3-4-6-14(13)11-18-12-17(20)19-15-7-9-16(21-2)10-8-15/h7-10,13-14,18H,3-6,11-12H2,1-2H3,(H,19,20). The second-order valence-corrected chi connectivity index (χ2v) is 5.93. The molecule has 2 atom stereocenters. The largest absolute Gasteiger partial charge is 0.497 e. The molecular weight excluding hydrogens is 264 g/mol. The zero-order valence-corrected chi connectivity index (χ0v) is 13.0. The van der Waals surface area contributed by atoms with Crippen molar-refractivity contribution in [2.24, 2.45) is 11.8 Å². The first-order valence-corrected chi connectivity index (χ1v) is 7.83. The van der Waals surface area contributed by atoms with Gasteiger partial charge in [-0.1, -0.05) is 26.2 Å². The smallest absolute Gasteiger partial charge is 0.238 e. The highest BCUT2D eigenvalue weighted by molar-refractivity contribution is 5.92. The number of hydrogen-bond acceptors (Lipinski definition) is 3. The zero-order chi connectivity index (χ0) is 15.1. The van der Waals surface area contributed by atoms with Crippen molar-refractivity contribution < 1.29 is 9.53 Å². The maximum absolute atomic E-state index is 11.9. The van der Waals surface area contributed by atoms with Crippen LogP contribution in [0, 0.1) is 11.8 Å². The first-order chi connectivity index (χ1) is 10.2. The number of amides is 1. The van der Waals surface area contributed by atoms with Crippen molar-refractivity contribution in [2.75, 3.05) is 25.5 Å². The number of carbonyl (C=O) groups excluding carboxylic acids is 1. The van der Waals surface area contributed by atoms with Crippen molar-refractivity contribution >= 4 is 11.6 Å². The molecule has 0 saturated heterocycles. The van der Waals surface area contributed by atoms with Crippen LogP contribution in [0.3, 0.4) is 0 Å². The summed E-state index contributed by atoms with van der Waals surface area (Å²) in [6.07, 6.45) is 5.29. The molecule has 4 heteroatoms. The van der Waals surface area contributed by atoms with E-state index < -0.39 is 0 Å². The predicted molar refractivity (Wildman–Crippen MR) is 85.6 cm³/mol. The maximum atomic E-state index is 11.9. The lowest BCUT2D eigenvalue weighted by molar-refractivity contribution is -0.115. The molecule has 0 spiro atoms. The Morgan fingerprint density at radius 3 is 2.62 bits per heavy atom. The summed E-state index contributed by atoms with van der Waals surface area (Å²) in [7, 11) is 1.63. The van der Waals surface area contributed by atoms with Crippen molar-refractivity contribution in [1.82, 2.24) is 5.32 Å². The first-order valence-electron chi connectivity index (χ1n) is 7.83. The summed E-state index contributed by atoms with van der Waals surface area (Å²) in [6.45, 7) is 3.63. The van der Waals surface area contributed by atoms with Crippen LogP contribution in [0.15, 0.2) is 24.3 Å². The molecule has 1 fully saturated rings. The average Bonchev–Trinajstić information content (AvgIpc) is 2.50. The fraction of sp³-hybridized carbons (Fsp3) is 0.588. The molecule has 4 nitrogen and oxygen atoms in total. The molecule has 1 aromatic rings. The molecule has 1 amide bonds. The van der Waals surface area contributed by atoms with Gasteiger partial charge in [0.15, 0.2) is 0 Å². The highest BCUT2D eigenvalue weighted by Crippen LogP contribution is 2.28. The van der Waals surface area contributed by atoms with Crippen LogP contribution < -0.4 is 15.4 Å². The summed E-state index contributed by atoms with van der Waals surface area (Å²) < 4.78 is 5.09. The van der Waals surface area contributed by atoms with E-state index in [1.54, 1.807) is 7.11 Å². The quantitative estimate of drug-likeness (QED) is 0.846. The van der Waals surface area contributed by atoms with Gasteiger partial charge in [0, 0.05) is 5.69 Å². The minimum Gasteiger partial charge on any atom is -0.497 e. The summed E-state index contributed by atoms with van der Waals surface area (Å²) in [5.41, 5.74) is 0.800. The van der Waals surface area contributed by atoms with E-state index in [4.69, 9.17) is 4.74 Å². The topological polar surface area (TPSA) is 50.4 Å². The summed E-state index contributed by atoms with van der Waals surface area (Å²) >= 11 is 0. The molecule has 1 saturated carbocycles. The lowest BCUT2D eigenvalue weighted by atomic mass is 9.80. The molecule has 116 valence electrons. The molecule has 1 aliphatic rings. The Morgan fingerprint density at radius 2 is 1.95 bits per heavy atom.